The molecular formula is C18H24N2O3. The Morgan fingerprint density at radius 1 is 1.22 bits per heavy atom. The molecule has 1 aromatic rings. The largest absolute Gasteiger partial charge is 0.497 e. The van der Waals surface area contributed by atoms with Crippen LogP contribution in [0.1, 0.15) is 30.7 Å². The Labute approximate surface area is 137 Å². The summed E-state index contributed by atoms with van der Waals surface area (Å²) in [6.45, 7) is 1.86. The molecule has 124 valence electrons. The molecule has 23 heavy (non-hydrogen) atoms. The smallest absolute Gasteiger partial charge is 0.242 e. The molecule has 1 saturated heterocycles. The first-order valence-electron chi connectivity index (χ1n) is 8.27. The average molecular weight is 316 g/mol. The molecule has 1 aliphatic carbocycles. The number of likely N-dealkylation sites (tertiary alicyclic amines) is 1. The van der Waals surface area contributed by atoms with Gasteiger partial charge in [-0.3, -0.25) is 9.59 Å². The lowest BCUT2D eigenvalue weighted by Crippen LogP contribution is -2.40. The van der Waals surface area contributed by atoms with Crippen molar-refractivity contribution in [3.05, 3.63) is 29.8 Å². The Balaban J connectivity index is 1.53. The zero-order chi connectivity index (χ0) is 16.4. The van der Waals surface area contributed by atoms with Gasteiger partial charge in [0.2, 0.25) is 11.8 Å². The van der Waals surface area contributed by atoms with Gasteiger partial charge in [0.25, 0.3) is 0 Å². The number of hydrogen-bond acceptors (Lipinski definition) is 3. The summed E-state index contributed by atoms with van der Waals surface area (Å²) in [6.07, 6.45) is 3.02. The van der Waals surface area contributed by atoms with E-state index in [9.17, 15) is 9.59 Å². The van der Waals surface area contributed by atoms with Crippen LogP contribution in [0.25, 0.3) is 0 Å². The lowest BCUT2D eigenvalue weighted by molar-refractivity contribution is -0.139. The van der Waals surface area contributed by atoms with Crippen LogP contribution in [-0.2, 0) is 9.59 Å². The predicted molar refractivity (Wildman–Crippen MR) is 87.3 cm³/mol. The van der Waals surface area contributed by atoms with E-state index in [-0.39, 0.29) is 30.2 Å². The minimum atomic E-state index is 0.0137. The second-order valence-electron chi connectivity index (χ2n) is 6.50. The maximum atomic E-state index is 12.5. The molecule has 0 aromatic heterocycles. The first kappa shape index (κ1) is 15.8. The van der Waals surface area contributed by atoms with Crippen molar-refractivity contribution in [1.29, 1.82) is 0 Å². The van der Waals surface area contributed by atoms with E-state index in [4.69, 9.17) is 4.74 Å². The third-order valence-corrected chi connectivity index (χ3v) is 4.86. The van der Waals surface area contributed by atoms with Gasteiger partial charge < -0.3 is 14.5 Å². The van der Waals surface area contributed by atoms with Gasteiger partial charge in [0.15, 0.2) is 0 Å². The van der Waals surface area contributed by atoms with Crippen molar-refractivity contribution in [2.24, 2.45) is 5.92 Å². The maximum Gasteiger partial charge on any atom is 0.242 e. The van der Waals surface area contributed by atoms with Crippen LogP contribution in [0.15, 0.2) is 24.3 Å². The van der Waals surface area contributed by atoms with Crippen LogP contribution >= 0.6 is 0 Å². The van der Waals surface area contributed by atoms with Crippen LogP contribution in [0.2, 0.25) is 0 Å². The number of benzene rings is 1. The fraction of sp³-hybridized carbons (Fsp3) is 0.556. The van der Waals surface area contributed by atoms with E-state index in [1.54, 1.807) is 19.1 Å². The molecule has 1 aliphatic heterocycles. The summed E-state index contributed by atoms with van der Waals surface area (Å²) < 4.78 is 5.16. The second-order valence-corrected chi connectivity index (χ2v) is 6.50. The topological polar surface area (TPSA) is 49.9 Å². The highest BCUT2D eigenvalue weighted by molar-refractivity contribution is 5.88. The molecule has 0 radical (unpaired) electrons. The molecule has 5 heteroatoms. The summed E-state index contributed by atoms with van der Waals surface area (Å²) in [5, 5.41) is 0. The van der Waals surface area contributed by atoms with Crippen molar-refractivity contribution in [2.75, 3.05) is 33.8 Å². The quantitative estimate of drug-likeness (QED) is 0.833. The molecule has 0 unspecified atom stereocenters. The summed E-state index contributed by atoms with van der Waals surface area (Å²) in [4.78, 5) is 28.1. The minimum Gasteiger partial charge on any atom is -0.497 e. The van der Waals surface area contributed by atoms with Crippen LogP contribution in [0.4, 0.5) is 0 Å². The van der Waals surface area contributed by atoms with Gasteiger partial charge in [0, 0.05) is 26.1 Å². The molecule has 2 fully saturated rings. The standard InChI is InChI=1S/C18H24N2O3/c1-19(12-17(21)20-9-3-4-10-20)18(22)16-11-15(16)13-5-7-14(23-2)8-6-13/h5-8,15-16H,3-4,9-12H2,1-2H3/t15-,16-/m0/s1. The summed E-state index contributed by atoms with van der Waals surface area (Å²) >= 11 is 0. The summed E-state index contributed by atoms with van der Waals surface area (Å²) in [6, 6.07) is 7.89. The average Bonchev–Trinajstić information content (AvgIpc) is 3.17. The molecule has 3 rings (SSSR count). The van der Waals surface area contributed by atoms with Crippen LogP contribution < -0.4 is 4.74 Å². The van der Waals surface area contributed by atoms with Crippen LogP contribution in [0.5, 0.6) is 5.75 Å². The summed E-state index contributed by atoms with van der Waals surface area (Å²) in [7, 11) is 3.38. The van der Waals surface area contributed by atoms with Gasteiger partial charge in [-0.1, -0.05) is 12.1 Å². The Kier molecular flexibility index (Phi) is 4.55. The van der Waals surface area contributed by atoms with Crippen molar-refractivity contribution >= 4 is 11.8 Å². The highest BCUT2D eigenvalue weighted by Crippen LogP contribution is 2.48. The predicted octanol–water partition coefficient (Wildman–Crippen LogP) is 1.88. The van der Waals surface area contributed by atoms with Crippen LogP contribution in [-0.4, -0.2) is 55.4 Å². The molecule has 0 bridgehead atoms. The van der Waals surface area contributed by atoms with E-state index < -0.39 is 0 Å². The Hall–Kier alpha value is -2.04. The molecule has 0 N–H and O–H groups in total. The number of hydrogen-bond donors (Lipinski definition) is 0. The number of rotatable bonds is 5. The molecule has 0 spiro atoms. The van der Waals surface area contributed by atoms with E-state index in [1.165, 1.54) is 5.56 Å². The highest BCUT2D eigenvalue weighted by atomic mass is 16.5. The number of nitrogens with zero attached hydrogens (tertiary/aromatic N) is 2. The second kappa shape index (κ2) is 6.60. The van der Waals surface area contributed by atoms with Crippen molar-refractivity contribution in [1.82, 2.24) is 9.80 Å². The van der Waals surface area contributed by atoms with E-state index in [2.05, 4.69) is 0 Å². The maximum absolute atomic E-state index is 12.5. The molecule has 2 amide bonds. The normalized spacial score (nSPS) is 22.8. The van der Waals surface area contributed by atoms with Crippen LogP contribution in [0, 0.1) is 5.92 Å². The minimum absolute atomic E-state index is 0.0137. The van der Waals surface area contributed by atoms with Gasteiger partial charge in [-0.25, -0.2) is 0 Å². The number of amides is 2. The number of carbonyl (C=O) groups is 2. The third kappa shape index (κ3) is 3.49. The fourth-order valence-electron chi connectivity index (χ4n) is 3.32. The van der Waals surface area contributed by atoms with Gasteiger partial charge >= 0.3 is 0 Å². The number of carbonyl (C=O) groups excluding carboxylic acids is 2. The monoisotopic (exact) mass is 316 g/mol. The zero-order valence-electron chi connectivity index (χ0n) is 13.8. The molecular weight excluding hydrogens is 292 g/mol. The Morgan fingerprint density at radius 3 is 2.48 bits per heavy atom. The van der Waals surface area contributed by atoms with Gasteiger partial charge in [0.1, 0.15) is 5.75 Å². The van der Waals surface area contributed by atoms with Crippen molar-refractivity contribution in [3.63, 3.8) is 0 Å². The van der Waals surface area contributed by atoms with E-state index in [0.29, 0.717) is 0 Å². The lowest BCUT2D eigenvalue weighted by atomic mass is 10.1. The van der Waals surface area contributed by atoms with Gasteiger partial charge in [0.05, 0.1) is 13.7 Å². The SMILES string of the molecule is COc1ccc([C@@H]2C[C@@H]2C(=O)N(C)CC(=O)N2CCCC2)cc1. The van der Waals surface area contributed by atoms with Crippen molar-refractivity contribution in [2.45, 2.75) is 25.2 Å². The van der Waals surface area contributed by atoms with E-state index in [1.807, 2.05) is 29.2 Å². The molecule has 5 nitrogen and oxygen atoms in total. The lowest BCUT2D eigenvalue weighted by Gasteiger charge is -2.21. The van der Waals surface area contributed by atoms with Crippen molar-refractivity contribution < 1.29 is 14.3 Å². The molecule has 2 aliphatic rings. The van der Waals surface area contributed by atoms with Crippen LogP contribution in [0.3, 0.4) is 0 Å². The fourth-order valence-corrected chi connectivity index (χ4v) is 3.32. The van der Waals surface area contributed by atoms with E-state index in [0.717, 1.165) is 38.1 Å². The number of methoxy groups -OCH3 is 1. The Morgan fingerprint density at radius 2 is 1.87 bits per heavy atom. The van der Waals surface area contributed by atoms with Gasteiger partial charge in [-0.05, 0) is 42.9 Å². The molecule has 1 heterocycles. The van der Waals surface area contributed by atoms with Crippen molar-refractivity contribution in [3.8, 4) is 5.75 Å². The van der Waals surface area contributed by atoms with Gasteiger partial charge in [-0.2, -0.15) is 0 Å². The highest BCUT2D eigenvalue weighted by Gasteiger charge is 2.45. The number of likely N-dealkylation sites (N-methyl/N-ethyl adjacent to an activating group) is 1. The summed E-state index contributed by atoms with van der Waals surface area (Å²) in [5.41, 5.74) is 1.17. The third-order valence-electron chi connectivity index (χ3n) is 4.86. The molecule has 1 aromatic carbocycles. The molecule has 1 saturated carbocycles. The summed E-state index contributed by atoms with van der Waals surface area (Å²) in [5.74, 6) is 1.27. The first-order chi connectivity index (χ1) is 11.1. The van der Waals surface area contributed by atoms with Gasteiger partial charge in [-0.15, -0.1) is 0 Å². The number of ether oxygens (including phenoxy) is 1. The van der Waals surface area contributed by atoms with E-state index >= 15 is 0 Å². The molecule has 2 atom stereocenters. The first-order valence-corrected chi connectivity index (χ1v) is 8.27. The Bertz CT molecular complexity index is 578. The zero-order valence-corrected chi connectivity index (χ0v) is 13.8.